The molecule has 0 aliphatic carbocycles. The summed E-state index contributed by atoms with van der Waals surface area (Å²) >= 11 is 0. The molecule has 0 aromatic rings. The molecule has 0 bridgehead atoms. The van der Waals surface area contributed by atoms with Crippen molar-refractivity contribution in [3.05, 3.63) is 0 Å². The number of carbonyl (C=O) groups is 1. The minimum absolute atomic E-state index is 0.0225. The second kappa shape index (κ2) is 5.99. The molecule has 0 aromatic heterocycles. The number of carbonyl (C=O) groups excluding carboxylic acids is 1. The second-order valence-electron chi connectivity index (χ2n) is 5.11. The van der Waals surface area contributed by atoms with E-state index in [-0.39, 0.29) is 18.4 Å². The summed E-state index contributed by atoms with van der Waals surface area (Å²) in [5, 5.41) is 0. The summed E-state index contributed by atoms with van der Waals surface area (Å²) in [5.74, 6) is -0.494. The van der Waals surface area contributed by atoms with Gasteiger partial charge in [0.1, 0.15) is 0 Å². The zero-order chi connectivity index (χ0) is 13.8. The van der Waals surface area contributed by atoms with Crippen LogP contribution >= 0.6 is 0 Å². The summed E-state index contributed by atoms with van der Waals surface area (Å²) in [6.45, 7) is 3.91. The molecule has 7 heteroatoms. The number of sulfonamides is 1. The van der Waals surface area contributed by atoms with Gasteiger partial charge in [0.05, 0.1) is 24.4 Å². The van der Waals surface area contributed by atoms with Gasteiger partial charge in [-0.3, -0.25) is 4.79 Å². The molecule has 1 fully saturated rings. The van der Waals surface area contributed by atoms with Crippen LogP contribution in [0.4, 0.5) is 0 Å². The molecule has 1 rings (SSSR count). The first-order valence-electron chi connectivity index (χ1n) is 5.94. The summed E-state index contributed by atoms with van der Waals surface area (Å²) in [4.78, 5) is 11.4. The molecule has 1 atom stereocenters. The fourth-order valence-corrected chi connectivity index (χ4v) is 3.17. The molecule has 0 radical (unpaired) electrons. The van der Waals surface area contributed by atoms with Crippen LogP contribution in [0.25, 0.3) is 0 Å². The Labute approximate surface area is 108 Å². The number of methoxy groups -OCH3 is 1. The third-order valence-electron chi connectivity index (χ3n) is 2.90. The number of ether oxygens (including phenoxy) is 2. The van der Waals surface area contributed by atoms with E-state index in [9.17, 15) is 13.2 Å². The molecule has 106 valence electrons. The van der Waals surface area contributed by atoms with Gasteiger partial charge in [0.2, 0.25) is 10.0 Å². The van der Waals surface area contributed by atoms with E-state index in [0.717, 1.165) is 12.8 Å². The van der Waals surface area contributed by atoms with Gasteiger partial charge in [0.25, 0.3) is 0 Å². The van der Waals surface area contributed by atoms with Crippen molar-refractivity contribution in [2.24, 2.45) is 5.41 Å². The van der Waals surface area contributed by atoms with Crippen LogP contribution < -0.4 is 4.72 Å². The predicted octanol–water partition coefficient (Wildman–Crippen LogP) is 0.284. The second-order valence-corrected chi connectivity index (χ2v) is 6.96. The number of hydrogen-bond acceptors (Lipinski definition) is 5. The van der Waals surface area contributed by atoms with Crippen LogP contribution in [0.1, 0.15) is 26.7 Å². The summed E-state index contributed by atoms with van der Waals surface area (Å²) in [5.41, 5.74) is -0.877. The van der Waals surface area contributed by atoms with Gasteiger partial charge in [0.15, 0.2) is 0 Å². The minimum Gasteiger partial charge on any atom is -0.469 e. The highest BCUT2D eigenvalue weighted by atomic mass is 32.2. The Morgan fingerprint density at radius 3 is 2.67 bits per heavy atom. The van der Waals surface area contributed by atoms with Crippen molar-refractivity contribution in [2.75, 3.05) is 26.0 Å². The van der Waals surface area contributed by atoms with Crippen molar-refractivity contribution in [3.8, 4) is 0 Å². The lowest BCUT2D eigenvalue weighted by atomic mass is 9.94. The maximum atomic E-state index is 11.8. The standard InChI is InChI=1S/C11H21NO5S/c1-11(2,10(13)16-3)8-12-18(14,15)7-9-5-4-6-17-9/h9,12H,4-8H2,1-3H3. The van der Waals surface area contributed by atoms with E-state index >= 15 is 0 Å². The average molecular weight is 279 g/mol. The Morgan fingerprint density at radius 1 is 1.50 bits per heavy atom. The smallest absolute Gasteiger partial charge is 0.312 e. The maximum absolute atomic E-state index is 11.8. The van der Waals surface area contributed by atoms with E-state index in [0.29, 0.717) is 6.61 Å². The number of nitrogens with one attached hydrogen (secondary N) is 1. The van der Waals surface area contributed by atoms with Crippen LogP contribution in [-0.4, -0.2) is 46.5 Å². The molecular weight excluding hydrogens is 258 g/mol. The summed E-state index contributed by atoms with van der Waals surface area (Å²) in [6.07, 6.45) is 1.43. The molecular formula is C11H21NO5S. The van der Waals surface area contributed by atoms with Crippen molar-refractivity contribution < 1.29 is 22.7 Å². The van der Waals surface area contributed by atoms with Crippen molar-refractivity contribution in [1.82, 2.24) is 4.72 Å². The van der Waals surface area contributed by atoms with Gasteiger partial charge in [-0.25, -0.2) is 13.1 Å². The lowest BCUT2D eigenvalue weighted by molar-refractivity contribution is -0.150. The molecule has 1 aliphatic rings. The Kier molecular flexibility index (Phi) is 5.12. The summed E-state index contributed by atoms with van der Waals surface area (Å²) in [6, 6.07) is 0. The largest absolute Gasteiger partial charge is 0.469 e. The number of hydrogen-bond donors (Lipinski definition) is 1. The van der Waals surface area contributed by atoms with Gasteiger partial charge in [-0.05, 0) is 26.7 Å². The quantitative estimate of drug-likeness (QED) is 0.706. The monoisotopic (exact) mass is 279 g/mol. The van der Waals surface area contributed by atoms with Crippen LogP contribution in [0.3, 0.4) is 0 Å². The van der Waals surface area contributed by atoms with E-state index in [1.54, 1.807) is 13.8 Å². The van der Waals surface area contributed by atoms with Crippen LogP contribution in [-0.2, 0) is 24.3 Å². The molecule has 0 spiro atoms. The Balaban J connectivity index is 2.48. The highest BCUT2D eigenvalue weighted by Crippen LogP contribution is 2.17. The van der Waals surface area contributed by atoms with Crippen molar-refractivity contribution in [3.63, 3.8) is 0 Å². The molecule has 18 heavy (non-hydrogen) atoms. The van der Waals surface area contributed by atoms with Gasteiger partial charge in [0, 0.05) is 13.2 Å². The van der Waals surface area contributed by atoms with E-state index in [1.165, 1.54) is 7.11 Å². The zero-order valence-corrected chi connectivity index (χ0v) is 11.9. The first kappa shape index (κ1) is 15.4. The molecule has 0 amide bonds. The van der Waals surface area contributed by atoms with Crippen molar-refractivity contribution in [1.29, 1.82) is 0 Å². The third kappa shape index (κ3) is 4.55. The Bertz CT molecular complexity index is 384. The lowest BCUT2D eigenvalue weighted by Gasteiger charge is -2.22. The topological polar surface area (TPSA) is 81.7 Å². The normalized spacial score (nSPS) is 20.9. The molecule has 1 heterocycles. The van der Waals surface area contributed by atoms with Gasteiger partial charge in [-0.15, -0.1) is 0 Å². The number of esters is 1. The summed E-state index contributed by atoms with van der Waals surface area (Å²) < 4.78 is 35.9. The van der Waals surface area contributed by atoms with E-state index in [2.05, 4.69) is 9.46 Å². The Morgan fingerprint density at radius 2 is 2.17 bits per heavy atom. The van der Waals surface area contributed by atoms with Crippen LogP contribution in [0.15, 0.2) is 0 Å². The lowest BCUT2D eigenvalue weighted by Crippen LogP contribution is -2.41. The molecule has 0 aromatic carbocycles. The molecule has 1 unspecified atom stereocenters. The summed E-state index contributed by atoms with van der Waals surface area (Å²) in [7, 11) is -2.14. The fourth-order valence-electron chi connectivity index (χ4n) is 1.72. The average Bonchev–Trinajstić information content (AvgIpc) is 2.77. The van der Waals surface area contributed by atoms with Crippen LogP contribution in [0, 0.1) is 5.41 Å². The van der Waals surface area contributed by atoms with E-state index in [4.69, 9.17) is 4.74 Å². The predicted molar refractivity (Wildman–Crippen MR) is 66.6 cm³/mol. The van der Waals surface area contributed by atoms with Crippen LogP contribution in [0.2, 0.25) is 0 Å². The maximum Gasteiger partial charge on any atom is 0.312 e. The van der Waals surface area contributed by atoms with Crippen LogP contribution in [0.5, 0.6) is 0 Å². The van der Waals surface area contributed by atoms with Gasteiger partial charge < -0.3 is 9.47 Å². The molecule has 1 saturated heterocycles. The molecule has 1 aliphatic heterocycles. The number of rotatable bonds is 6. The van der Waals surface area contributed by atoms with Gasteiger partial charge >= 0.3 is 5.97 Å². The van der Waals surface area contributed by atoms with Crippen molar-refractivity contribution >= 4 is 16.0 Å². The highest BCUT2D eigenvalue weighted by molar-refractivity contribution is 7.89. The van der Waals surface area contributed by atoms with E-state index < -0.39 is 21.4 Å². The minimum atomic E-state index is -3.42. The van der Waals surface area contributed by atoms with Crippen molar-refractivity contribution in [2.45, 2.75) is 32.8 Å². The molecule has 0 saturated carbocycles. The zero-order valence-electron chi connectivity index (χ0n) is 11.1. The Hall–Kier alpha value is -0.660. The van der Waals surface area contributed by atoms with Gasteiger partial charge in [-0.2, -0.15) is 0 Å². The van der Waals surface area contributed by atoms with E-state index in [1.807, 2.05) is 0 Å². The first-order chi connectivity index (χ1) is 8.27. The molecule has 6 nitrogen and oxygen atoms in total. The third-order valence-corrected chi connectivity index (χ3v) is 4.30. The highest BCUT2D eigenvalue weighted by Gasteiger charge is 2.31. The van der Waals surface area contributed by atoms with Gasteiger partial charge in [-0.1, -0.05) is 0 Å². The molecule has 1 N–H and O–H groups in total. The SMILES string of the molecule is COC(=O)C(C)(C)CNS(=O)(=O)CC1CCCO1. The first-order valence-corrected chi connectivity index (χ1v) is 7.59. The fraction of sp³-hybridized carbons (Fsp3) is 0.909.